The van der Waals surface area contributed by atoms with Crippen LogP contribution in [-0.4, -0.2) is 51.9 Å². The van der Waals surface area contributed by atoms with Gasteiger partial charge in [-0.25, -0.2) is 13.1 Å². The Hall–Kier alpha value is -0.340. The van der Waals surface area contributed by atoms with Crippen molar-refractivity contribution in [3.05, 3.63) is 0 Å². The Morgan fingerprint density at radius 1 is 1.41 bits per heavy atom. The van der Waals surface area contributed by atoms with Gasteiger partial charge in [0.05, 0.1) is 0 Å². The maximum Gasteiger partial charge on any atom is 0.404 e. The van der Waals surface area contributed by atoms with Crippen LogP contribution in [0.5, 0.6) is 0 Å². The predicted octanol–water partition coefficient (Wildman–Crippen LogP) is 0.810. The van der Waals surface area contributed by atoms with Crippen molar-refractivity contribution in [1.82, 2.24) is 9.62 Å². The van der Waals surface area contributed by atoms with E-state index in [-0.39, 0.29) is 12.5 Å². The zero-order valence-corrected chi connectivity index (χ0v) is 10.4. The molecule has 0 radical (unpaired) electrons. The first-order chi connectivity index (χ1) is 7.68. The molecule has 1 N–H and O–H groups in total. The third-order valence-corrected chi connectivity index (χ3v) is 3.98. The second-order valence-corrected chi connectivity index (χ2v) is 6.30. The molecule has 0 aliphatic carbocycles. The van der Waals surface area contributed by atoms with E-state index in [0.717, 1.165) is 19.4 Å². The standard InChI is InChI=1S/C9H17F3N2O2S/c1-14-4-2-3-8(6-14)5-13-17(15,16)7-9(10,11)12/h8,13H,2-7H2,1H3. The fourth-order valence-electron chi connectivity index (χ4n) is 1.95. The molecule has 1 rings (SSSR count). The Labute approximate surface area is 99.2 Å². The van der Waals surface area contributed by atoms with Crippen molar-refractivity contribution in [3.63, 3.8) is 0 Å². The van der Waals surface area contributed by atoms with Crippen LogP contribution in [0.3, 0.4) is 0 Å². The number of alkyl halides is 3. The molecule has 1 fully saturated rings. The van der Waals surface area contributed by atoms with Crippen molar-refractivity contribution in [2.75, 3.05) is 32.4 Å². The highest BCUT2D eigenvalue weighted by Gasteiger charge is 2.35. The Morgan fingerprint density at radius 2 is 2.06 bits per heavy atom. The minimum Gasteiger partial charge on any atom is -0.306 e. The van der Waals surface area contributed by atoms with Crippen LogP contribution in [0.25, 0.3) is 0 Å². The summed E-state index contributed by atoms with van der Waals surface area (Å²) in [5.41, 5.74) is 0. The van der Waals surface area contributed by atoms with Crippen LogP contribution in [0.15, 0.2) is 0 Å². The van der Waals surface area contributed by atoms with Crippen LogP contribution < -0.4 is 4.72 Å². The van der Waals surface area contributed by atoms with Crippen molar-refractivity contribution in [3.8, 4) is 0 Å². The molecule has 1 atom stereocenters. The van der Waals surface area contributed by atoms with Gasteiger partial charge in [0.25, 0.3) is 0 Å². The molecule has 1 heterocycles. The van der Waals surface area contributed by atoms with E-state index in [4.69, 9.17) is 0 Å². The molecule has 0 aromatic rings. The number of halogens is 3. The van der Waals surface area contributed by atoms with Gasteiger partial charge in [0.1, 0.15) is 0 Å². The fourth-order valence-corrected chi connectivity index (χ4v) is 2.97. The van der Waals surface area contributed by atoms with Crippen LogP contribution in [0.2, 0.25) is 0 Å². The van der Waals surface area contributed by atoms with Crippen molar-refractivity contribution in [2.45, 2.75) is 19.0 Å². The molecule has 0 aromatic heterocycles. The average molecular weight is 274 g/mol. The van der Waals surface area contributed by atoms with Gasteiger partial charge in [0.2, 0.25) is 10.0 Å². The van der Waals surface area contributed by atoms with E-state index >= 15 is 0 Å². The third-order valence-electron chi connectivity index (χ3n) is 2.67. The predicted molar refractivity (Wildman–Crippen MR) is 58.1 cm³/mol. The average Bonchev–Trinajstić information content (AvgIpc) is 2.11. The maximum absolute atomic E-state index is 12.0. The molecule has 1 aliphatic heterocycles. The number of nitrogens with zero attached hydrogens (tertiary/aromatic N) is 1. The van der Waals surface area contributed by atoms with Crippen molar-refractivity contribution < 1.29 is 21.6 Å². The van der Waals surface area contributed by atoms with Crippen LogP contribution in [0, 0.1) is 5.92 Å². The highest BCUT2D eigenvalue weighted by molar-refractivity contribution is 7.89. The quantitative estimate of drug-likeness (QED) is 0.825. The van der Waals surface area contributed by atoms with E-state index in [1.54, 1.807) is 0 Å². The lowest BCUT2D eigenvalue weighted by molar-refractivity contribution is -0.106. The van der Waals surface area contributed by atoms with E-state index in [1.165, 1.54) is 0 Å². The highest BCUT2D eigenvalue weighted by atomic mass is 32.2. The summed E-state index contributed by atoms with van der Waals surface area (Å²) < 4.78 is 60.1. The first-order valence-corrected chi connectivity index (χ1v) is 7.06. The number of sulfonamides is 1. The van der Waals surface area contributed by atoms with Gasteiger partial charge >= 0.3 is 6.18 Å². The normalized spacial score (nSPS) is 23.9. The summed E-state index contributed by atoms with van der Waals surface area (Å²) in [5.74, 6) is -1.71. The van der Waals surface area contributed by atoms with E-state index in [1.807, 2.05) is 16.7 Å². The number of nitrogens with one attached hydrogen (secondary N) is 1. The number of piperidine rings is 1. The summed E-state index contributed by atoms with van der Waals surface area (Å²) in [6.45, 7) is 1.75. The summed E-state index contributed by atoms with van der Waals surface area (Å²) in [6, 6.07) is 0. The van der Waals surface area contributed by atoms with Gasteiger partial charge in [-0.1, -0.05) is 0 Å². The minimum absolute atomic E-state index is 0.0861. The molecule has 0 bridgehead atoms. The van der Waals surface area contributed by atoms with Crippen molar-refractivity contribution in [2.24, 2.45) is 5.92 Å². The largest absolute Gasteiger partial charge is 0.404 e. The summed E-state index contributed by atoms with van der Waals surface area (Å²) in [7, 11) is -2.34. The van der Waals surface area contributed by atoms with Gasteiger partial charge in [0.15, 0.2) is 5.75 Å². The molecular weight excluding hydrogens is 257 g/mol. The van der Waals surface area contributed by atoms with Gasteiger partial charge in [-0.3, -0.25) is 0 Å². The van der Waals surface area contributed by atoms with Crippen LogP contribution in [0.4, 0.5) is 13.2 Å². The number of hydrogen-bond donors (Lipinski definition) is 1. The smallest absolute Gasteiger partial charge is 0.306 e. The van der Waals surface area contributed by atoms with Crippen LogP contribution >= 0.6 is 0 Å². The molecule has 1 aliphatic rings. The van der Waals surface area contributed by atoms with E-state index in [0.29, 0.717) is 6.54 Å². The Kier molecular flexibility index (Phi) is 4.79. The van der Waals surface area contributed by atoms with Gasteiger partial charge in [-0.15, -0.1) is 0 Å². The number of rotatable bonds is 4. The SMILES string of the molecule is CN1CCCC(CNS(=O)(=O)CC(F)(F)F)C1. The first kappa shape index (κ1) is 14.7. The Morgan fingerprint density at radius 3 is 2.59 bits per heavy atom. The second-order valence-electron chi connectivity index (χ2n) is 4.49. The third kappa shape index (κ3) is 6.23. The molecule has 17 heavy (non-hydrogen) atoms. The van der Waals surface area contributed by atoms with Crippen LogP contribution in [0.1, 0.15) is 12.8 Å². The van der Waals surface area contributed by atoms with E-state index in [2.05, 4.69) is 0 Å². The topological polar surface area (TPSA) is 49.4 Å². The van der Waals surface area contributed by atoms with Gasteiger partial charge in [0, 0.05) is 13.1 Å². The molecule has 1 saturated heterocycles. The molecule has 1 unspecified atom stereocenters. The Balaban J connectivity index is 2.39. The molecule has 4 nitrogen and oxygen atoms in total. The minimum atomic E-state index is -4.69. The fraction of sp³-hybridized carbons (Fsp3) is 1.00. The maximum atomic E-state index is 12.0. The number of hydrogen-bond acceptors (Lipinski definition) is 3. The van der Waals surface area contributed by atoms with Gasteiger partial charge < -0.3 is 4.90 Å². The molecular formula is C9H17F3N2O2S. The number of likely N-dealkylation sites (tertiary alicyclic amines) is 1. The molecule has 0 aromatic carbocycles. The molecule has 0 amide bonds. The molecule has 0 spiro atoms. The summed E-state index contributed by atoms with van der Waals surface area (Å²) >= 11 is 0. The Bertz CT molecular complexity index is 343. The van der Waals surface area contributed by atoms with Gasteiger partial charge in [-0.2, -0.15) is 13.2 Å². The monoisotopic (exact) mass is 274 g/mol. The lowest BCUT2D eigenvalue weighted by Gasteiger charge is -2.29. The summed E-state index contributed by atoms with van der Waals surface area (Å²) in [6.07, 6.45) is -2.89. The lowest BCUT2D eigenvalue weighted by Crippen LogP contribution is -2.41. The lowest BCUT2D eigenvalue weighted by atomic mass is 9.99. The van der Waals surface area contributed by atoms with Crippen molar-refractivity contribution in [1.29, 1.82) is 0 Å². The molecule has 8 heteroatoms. The van der Waals surface area contributed by atoms with E-state index in [9.17, 15) is 21.6 Å². The molecule has 0 saturated carbocycles. The summed E-state index contributed by atoms with van der Waals surface area (Å²) in [5, 5.41) is 0. The summed E-state index contributed by atoms with van der Waals surface area (Å²) in [4.78, 5) is 2.05. The van der Waals surface area contributed by atoms with E-state index < -0.39 is 22.0 Å². The van der Waals surface area contributed by atoms with Crippen molar-refractivity contribution >= 4 is 10.0 Å². The zero-order valence-electron chi connectivity index (χ0n) is 9.63. The second kappa shape index (κ2) is 5.53. The highest BCUT2D eigenvalue weighted by Crippen LogP contribution is 2.18. The first-order valence-electron chi connectivity index (χ1n) is 5.40. The zero-order chi connectivity index (χ0) is 13.1. The van der Waals surface area contributed by atoms with Crippen LogP contribution in [-0.2, 0) is 10.0 Å². The molecule has 102 valence electrons. The van der Waals surface area contributed by atoms with Gasteiger partial charge in [-0.05, 0) is 32.4 Å².